The molecular formula is C28H18Cl2N4O4S. The minimum absolute atomic E-state index is 0.0847. The van der Waals surface area contributed by atoms with Crippen LogP contribution in [0.15, 0.2) is 103 Å². The van der Waals surface area contributed by atoms with E-state index in [0.29, 0.717) is 38.5 Å². The monoisotopic (exact) mass is 576 g/mol. The van der Waals surface area contributed by atoms with Crippen LogP contribution < -0.4 is 4.74 Å². The molecule has 0 saturated heterocycles. The number of ketones is 1. The molecule has 0 aliphatic rings. The average Bonchev–Trinajstić information content (AvgIpc) is 3.54. The van der Waals surface area contributed by atoms with Gasteiger partial charge in [0.15, 0.2) is 5.78 Å². The highest BCUT2D eigenvalue weighted by atomic mass is 35.5. The Labute approximate surface area is 233 Å². The van der Waals surface area contributed by atoms with E-state index in [2.05, 4.69) is 9.97 Å². The number of fused-ring (bicyclic) bond motifs is 2. The van der Waals surface area contributed by atoms with E-state index in [1.165, 1.54) is 24.7 Å². The third-order valence-electron chi connectivity index (χ3n) is 6.20. The van der Waals surface area contributed by atoms with E-state index in [0.717, 1.165) is 3.97 Å². The smallest absolute Gasteiger partial charge is 0.268 e. The molecule has 8 nitrogen and oxygen atoms in total. The SMILES string of the molecule is O=C(Cn1cnc2ccc(Cl)c(Cl)c21)c1cn(S(=O)(=O)c2ccccc2)c2cc(Oc3cccnc3)ccc12. The molecule has 0 saturated carbocycles. The first kappa shape index (κ1) is 25.1. The molecular weight excluding hydrogens is 559 g/mol. The number of pyridine rings is 1. The van der Waals surface area contributed by atoms with E-state index < -0.39 is 10.0 Å². The van der Waals surface area contributed by atoms with Crippen LogP contribution in [0, 0.1) is 0 Å². The van der Waals surface area contributed by atoms with E-state index in [1.807, 2.05) is 0 Å². The lowest BCUT2D eigenvalue weighted by atomic mass is 10.1. The minimum Gasteiger partial charge on any atom is -0.456 e. The molecule has 0 N–H and O–H groups in total. The van der Waals surface area contributed by atoms with Crippen molar-refractivity contribution in [1.82, 2.24) is 18.5 Å². The van der Waals surface area contributed by atoms with Crippen molar-refractivity contribution in [2.75, 3.05) is 0 Å². The maximum absolute atomic E-state index is 13.7. The summed E-state index contributed by atoms with van der Waals surface area (Å²) < 4.78 is 36.0. The molecule has 0 fully saturated rings. The largest absolute Gasteiger partial charge is 0.456 e. The normalized spacial score (nSPS) is 11.7. The standard InChI is InChI=1S/C28H18Cl2N4O4S/c29-23-10-11-24-28(27(23)30)33(17-32-24)16-26(35)22-15-34(39(36,37)20-6-2-1-3-7-20)25-13-18(8-9-21(22)25)38-19-5-4-12-31-14-19/h1-15,17H,16H2. The lowest BCUT2D eigenvalue weighted by Crippen LogP contribution is -2.13. The molecule has 0 aliphatic heterocycles. The summed E-state index contributed by atoms with van der Waals surface area (Å²) in [7, 11) is -4.04. The Morgan fingerprint density at radius 2 is 1.77 bits per heavy atom. The van der Waals surface area contributed by atoms with Gasteiger partial charge < -0.3 is 9.30 Å². The van der Waals surface area contributed by atoms with E-state index in [9.17, 15) is 13.2 Å². The van der Waals surface area contributed by atoms with Gasteiger partial charge in [0.1, 0.15) is 11.5 Å². The zero-order valence-corrected chi connectivity index (χ0v) is 22.4. The highest BCUT2D eigenvalue weighted by Gasteiger charge is 2.25. The molecule has 3 heterocycles. The Balaban J connectivity index is 1.47. The number of carbonyl (C=O) groups excluding carboxylic acids is 1. The molecule has 0 radical (unpaired) electrons. The van der Waals surface area contributed by atoms with Crippen molar-refractivity contribution < 1.29 is 17.9 Å². The molecule has 6 rings (SSSR count). The van der Waals surface area contributed by atoms with Gasteiger partial charge in [0.2, 0.25) is 0 Å². The van der Waals surface area contributed by atoms with Crippen LogP contribution in [0.2, 0.25) is 10.0 Å². The number of aromatic nitrogens is 4. The van der Waals surface area contributed by atoms with E-state index >= 15 is 0 Å². The summed E-state index contributed by atoms with van der Waals surface area (Å²) in [6, 6.07) is 19.8. The maximum atomic E-state index is 13.7. The van der Waals surface area contributed by atoms with Crippen molar-refractivity contribution in [3.05, 3.63) is 113 Å². The van der Waals surface area contributed by atoms with Gasteiger partial charge in [-0.3, -0.25) is 9.78 Å². The number of halogens is 2. The van der Waals surface area contributed by atoms with Gasteiger partial charge in [-0.25, -0.2) is 17.4 Å². The van der Waals surface area contributed by atoms with E-state index in [-0.39, 0.29) is 27.8 Å². The van der Waals surface area contributed by atoms with Crippen molar-refractivity contribution in [2.45, 2.75) is 11.4 Å². The van der Waals surface area contributed by atoms with E-state index in [1.54, 1.807) is 77.6 Å². The predicted molar refractivity (Wildman–Crippen MR) is 149 cm³/mol. The molecule has 3 aromatic heterocycles. The number of ether oxygens (including phenoxy) is 1. The minimum atomic E-state index is -4.04. The van der Waals surface area contributed by atoms with Crippen LogP contribution >= 0.6 is 23.2 Å². The van der Waals surface area contributed by atoms with Gasteiger partial charge in [-0.2, -0.15) is 0 Å². The Bertz CT molecular complexity index is 1970. The van der Waals surface area contributed by atoms with Crippen molar-refractivity contribution in [2.24, 2.45) is 0 Å². The molecule has 0 spiro atoms. The number of benzene rings is 3. The van der Waals surface area contributed by atoms with Crippen LogP contribution in [0.4, 0.5) is 0 Å². The quantitative estimate of drug-likeness (QED) is 0.198. The van der Waals surface area contributed by atoms with Crippen LogP contribution in [-0.4, -0.2) is 32.7 Å². The summed E-state index contributed by atoms with van der Waals surface area (Å²) in [6.45, 7) is -0.130. The summed E-state index contributed by atoms with van der Waals surface area (Å²) in [5.74, 6) is 0.539. The summed E-state index contributed by atoms with van der Waals surface area (Å²) in [6.07, 6.45) is 6.02. The molecule has 0 amide bonds. The number of hydrogen-bond donors (Lipinski definition) is 0. The first-order chi connectivity index (χ1) is 18.8. The fourth-order valence-electron chi connectivity index (χ4n) is 4.37. The molecule has 6 aromatic rings. The Morgan fingerprint density at radius 3 is 2.54 bits per heavy atom. The second-order valence-electron chi connectivity index (χ2n) is 8.65. The zero-order chi connectivity index (χ0) is 27.1. The number of hydrogen-bond acceptors (Lipinski definition) is 6. The fraction of sp³-hybridized carbons (Fsp3) is 0.0357. The fourth-order valence-corrected chi connectivity index (χ4v) is 6.17. The van der Waals surface area contributed by atoms with Gasteiger partial charge in [-0.1, -0.05) is 41.4 Å². The van der Waals surface area contributed by atoms with Gasteiger partial charge in [0.25, 0.3) is 10.0 Å². The van der Waals surface area contributed by atoms with Gasteiger partial charge >= 0.3 is 0 Å². The molecule has 194 valence electrons. The zero-order valence-electron chi connectivity index (χ0n) is 20.0. The van der Waals surface area contributed by atoms with Crippen LogP contribution in [0.25, 0.3) is 21.9 Å². The maximum Gasteiger partial charge on any atom is 0.268 e. The average molecular weight is 577 g/mol. The molecule has 11 heteroatoms. The second-order valence-corrected chi connectivity index (χ2v) is 11.3. The lowest BCUT2D eigenvalue weighted by Gasteiger charge is -2.09. The Hall–Kier alpha value is -4.18. The molecule has 3 aromatic carbocycles. The van der Waals surface area contributed by atoms with Crippen LogP contribution in [-0.2, 0) is 16.6 Å². The second kappa shape index (κ2) is 9.85. The molecule has 39 heavy (non-hydrogen) atoms. The molecule has 0 unspecified atom stereocenters. The molecule has 0 aliphatic carbocycles. The van der Waals surface area contributed by atoms with Crippen molar-refractivity contribution in [3.63, 3.8) is 0 Å². The highest BCUT2D eigenvalue weighted by Crippen LogP contribution is 2.33. The van der Waals surface area contributed by atoms with Crippen molar-refractivity contribution in [3.8, 4) is 11.5 Å². The Morgan fingerprint density at radius 1 is 0.949 bits per heavy atom. The van der Waals surface area contributed by atoms with Crippen molar-refractivity contribution in [1.29, 1.82) is 0 Å². The number of carbonyl (C=O) groups is 1. The number of imidazole rings is 1. The van der Waals surface area contributed by atoms with E-state index in [4.69, 9.17) is 27.9 Å². The number of Topliss-reactive ketones (excluding diaryl/α,β-unsaturated/α-hetero) is 1. The first-order valence-electron chi connectivity index (χ1n) is 11.7. The first-order valence-corrected chi connectivity index (χ1v) is 13.9. The molecule has 0 bridgehead atoms. The van der Waals surface area contributed by atoms with Crippen LogP contribution in [0.5, 0.6) is 11.5 Å². The van der Waals surface area contributed by atoms with Gasteiger partial charge in [-0.05, 0) is 48.5 Å². The molecule has 0 atom stereocenters. The predicted octanol–water partition coefficient (Wildman–Crippen LogP) is 6.61. The third kappa shape index (κ3) is 4.54. The topological polar surface area (TPSA) is 96.1 Å². The Kier molecular flexibility index (Phi) is 6.34. The van der Waals surface area contributed by atoms with Crippen LogP contribution in [0.3, 0.4) is 0 Å². The lowest BCUT2D eigenvalue weighted by molar-refractivity contribution is 0.0975. The summed E-state index contributed by atoms with van der Waals surface area (Å²) in [5, 5.41) is 1.07. The summed E-state index contributed by atoms with van der Waals surface area (Å²) >= 11 is 12.6. The van der Waals surface area contributed by atoms with Crippen LogP contribution in [0.1, 0.15) is 10.4 Å². The number of rotatable bonds is 7. The summed E-state index contributed by atoms with van der Waals surface area (Å²) in [5.41, 5.74) is 1.62. The van der Waals surface area contributed by atoms with Gasteiger partial charge in [0, 0.05) is 29.4 Å². The van der Waals surface area contributed by atoms with Gasteiger partial charge in [-0.15, -0.1) is 0 Å². The summed E-state index contributed by atoms with van der Waals surface area (Å²) in [4.78, 5) is 22.1. The third-order valence-corrected chi connectivity index (χ3v) is 8.68. The van der Waals surface area contributed by atoms with Gasteiger partial charge in [0.05, 0.1) is 50.6 Å². The van der Waals surface area contributed by atoms with Crippen molar-refractivity contribution >= 4 is 60.9 Å². The highest BCUT2D eigenvalue weighted by molar-refractivity contribution is 7.90. The number of nitrogens with zero attached hydrogens (tertiary/aromatic N) is 4.